The van der Waals surface area contributed by atoms with E-state index < -0.39 is 0 Å². The van der Waals surface area contributed by atoms with Crippen molar-refractivity contribution in [2.24, 2.45) is 0 Å². The predicted molar refractivity (Wildman–Crippen MR) is 141 cm³/mol. The Kier molecular flexibility index (Phi) is 6.18. The summed E-state index contributed by atoms with van der Waals surface area (Å²) in [6.45, 7) is 1.34. The summed E-state index contributed by atoms with van der Waals surface area (Å²) in [6, 6.07) is 24.4. The standard InChI is InChI=1S/C30H26FN5O/c31-25-13-11-22(12-14-25)27-19-28(36(34-27)30-32-15-5-16-33-30)24-9-4-17-35(20-24)29(37)18-23-8-3-7-21-6-1-2-10-26(21)23/h1-3,5-8,10-16,19,24H,4,9,17-18,20H2. The molecular weight excluding hydrogens is 465 g/mol. The first-order chi connectivity index (χ1) is 18.2. The molecule has 1 unspecified atom stereocenters. The van der Waals surface area contributed by atoms with E-state index in [2.05, 4.69) is 28.2 Å². The van der Waals surface area contributed by atoms with Gasteiger partial charge in [-0.05, 0) is 65.6 Å². The third-order valence-corrected chi connectivity index (χ3v) is 7.03. The molecule has 0 bridgehead atoms. The van der Waals surface area contributed by atoms with E-state index in [1.54, 1.807) is 35.3 Å². The molecule has 1 fully saturated rings. The van der Waals surface area contributed by atoms with Crippen LogP contribution in [-0.4, -0.2) is 43.6 Å². The van der Waals surface area contributed by atoms with E-state index in [0.29, 0.717) is 18.9 Å². The minimum atomic E-state index is -0.289. The second-order valence-electron chi connectivity index (χ2n) is 9.42. The molecule has 6 rings (SSSR count). The van der Waals surface area contributed by atoms with Gasteiger partial charge in [-0.1, -0.05) is 42.5 Å². The lowest BCUT2D eigenvalue weighted by molar-refractivity contribution is -0.131. The number of hydrogen-bond acceptors (Lipinski definition) is 4. The Bertz CT molecular complexity index is 1540. The van der Waals surface area contributed by atoms with Gasteiger partial charge >= 0.3 is 0 Å². The average Bonchev–Trinajstić information content (AvgIpc) is 3.40. The zero-order valence-corrected chi connectivity index (χ0v) is 20.3. The van der Waals surface area contributed by atoms with Crippen molar-refractivity contribution in [3.05, 3.63) is 108 Å². The monoisotopic (exact) mass is 491 g/mol. The smallest absolute Gasteiger partial charge is 0.250 e. The first kappa shape index (κ1) is 23.0. The Labute approximate surface area is 214 Å². The van der Waals surface area contributed by atoms with Gasteiger partial charge in [-0.2, -0.15) is 5.10 Å². The molecule has 3 aromatic carbocycles. The van der Waals surface area contributed by atoms with Crippen molar-refractivity contribution in [1.29, 1.82) is 0 Å². The summed E-state index contributed by atoms with van der Waals surface area (Å²) in [5, 5.41) is 7.06. The summed E-state index contributed by atoms with van der Waals surface area (Å²) in [6.07, 6.45) is 5.58. The fraction of sp³-hybridized carbons (Fsp3) is 0.200. The maximum Gasteiger partial charge on any atom is 0.250 e. The quantitative estimate of drug-likeness (QED) is 0.322. The van der Waals surface area contributed by atoms with Gasteiger partial charge in [0, 0.05) is 37.0 Å². The van der Waals surface area contributed by atoms with Gasteiger partial charge in [0.2, 0.25) is 5.91 Å². The second-order valence-corrected chi connectivity index (χ2v) is 9.42. The normalized spacial score (nSPS) is 15.7. The van der Waals surface area contributed by atoms with Crippen molar-refractivity contribution in [3.63, 3.8) is 0 Å². The van der Waals surface area contributed by atoms with Crippen LogP contribution in [0.15, 0.2) is 91.3 Å². The summed E-state index contributed by atoms with van der Waals surface area (Å²) in [5.74, 6) is 0.394. The predicted octanol–water partition coefficient (Wildman–Crippen LogP) is 5.57. The molecule has 1 aliphatic rings. The number of hydrogen-bond donors (Lipinski definition) is 0. The highest BCUT2D eigenvalue weighted by atomic mass is 19.1. The second kappa shape index (κ2) is 9.93. The highest BCUT2D eigenvalue weighted by Gasteiger charge is 2.29. The SMILES string of the molecule is O=C(Cc1cccc2ccccc12)N1CCCC(c2cc(-c3ccc(F)cc3)nn2-c2ncccn2)C1. The minimum Gasteiger partial charge on any atom is -0.342 e. The molecule has 2 aromatic heterocycles. The maximum atomic E-state index is 13.5. The van der Waals surface area contributed by atoms with Crippen molar-refractivity contribution in [1.82, 2.24) is 24.6 Å². The average molecular weight is 492 g/mol. The van der Waals surface area contributed by atoms with Crippen LogP contribution < -0.4 is 0 Å². The Hall–Kier alpha value is -4.39. The maximum absolute atomic E-state index is 13.5. The molecule has 0 radical (unpaired) electrons. The third kappa shape index (κ3) is 4.72. The number of carbonyl (C=O) groups is 1. The van der Waals surface area contributed by atoms with Crippen LogP contribution >= 0.6 is 0 Å². The molecule has 7 heteroatoms. The van der Waals surface area contributed by atoms with Crippen molar-refractivity contribution in [2.45, 2.75) is 25.2 Å². The van der Waals surface area contributed by atoms with E-state index >= 15 is 0 Å². The van der Waals surface area contributed by atoms with E-state index in [-0.39, 0.29) is 17.6 Å². The van der Waals surface area contributed by atoms with E-state index in [0.717, 1.165) is 52.7 Å². The number of carbonyl (C=O) groups excluding carboxylic acids is 1. The van der Waals surface area contributed by atoms with Gasteiger partial charge < -0.3 is 4.90 Å². The van der Waals surface area contributed by atoms with Crippen molar-refractivity contribution >= 4 is 16.7 Å². The molecule has 1 amide bonds. The van der Waals surface area contributed by atoms with Crippen molar-refractivity contribution in [3.8, 4) is 17.2 Å². The van der Waals surface area contributed by atoms with Crippen LogP contribution in [-0.2, 0) is 11.2 Å². The number of benzene rings is 3. The minimum absolute atomic E-state index is 0.0794. The number of fused-ring (bicyclic) bond motifs is 1. The molecule has 184 valence electrons. The fourth-order valence-corrected chi connectivity index (χ4v) is 5.18. The molecule has 0 aliphatic carbocycles. The lowest BCUT2D eigenvalue weighted by Gasteiger charge is -2.33. The van der Waals surface area contributed by atoms with Crippen molar-refractivity contribution < 1.29 is 9.18 Å². The van der Waals surface area contributed by atoms with Gasteiger partial charge in [-0.15, -0.1) is 0 Å². The summed E-state index contributed by atoms with van der Waals surface area (Å²) in [5.41, 5.74) is 3.54. The summed E-state index contributed by atoms with van der Waals surface area (Å²) in [7, 11) is 0. The zero-order chi connectivity index (χ0) is 25.2. The number of halogens is 1. The Morgan fingerprint density at radius 1 is 0.946 bits per heavy atom. The Balaban J connectivity index is 1.29. The Morgan fingerprint density at radius 2 is 1.73 bits per heavy atom. The fourth-order valence-electron chi connectivity index (χ4n) is 5.18. The number of likely N-dealkylation sites (tertiary alicyclic amines) is 1. The largest absolute Gasteiger partial charge is 0.342 e. The van der Waals surface area contributed by atoms with E-state index in [4.69, 9.17) is 5.10 Å². The zero-order valence-electron chi connectivity index (χ0n) is 20.3. The molecule has 5 aromatic rings. The highest BCUT2D eigenvalue weighted by Crippen LogP contribution is 2.32. The van der Waals surface area contributed by atoms with Crippen LogP contribution in [0.3, 0.4) is 0 Å². The summed E-state index contributed by atoms with van der Waals surface area (Å²) < 4.78 is 15.3. The van der Waals surface area contributed by atoms with Gasteiger partial charge in [0.1, 0.15) is 5.82 Å². The number of amides is 1. The topological polar surface area (TPSA) is 63.9 Å². The number of rotatable bonds is 5. The van der Waals surface area contributed by atoms with Crippen LogP contribution in [0, 0.1) is 5.82 Å². The number of nitrogens with zero attached hydrogens (tertiary/aromatic N) is 5. The van der Waals surface area contributed by atoms with Gasteiger partial charge in [-0.25, -0.2) is 19.0 Å². The van der Waals surface area contributed by atoms with Crippen LogP contribution in [0.4, 0.5) is 4.39 Å². The molecule has 3 heterocycles. The van der Waals surface area contributed by atoms with Crippen LogP contribution in [0.5, 0.6) is 0 Å². The first-order valence-corrected chi connectivity index (χ1v) is 12.5. The molecule has 1 saturated heterocycles. The first-order valence-electron chi connectivity index (χ1n) is 12.5. The number of aromatic nitrogens is 4. The number of piperidine rings is 1. The molecule has 37 heavy (non-hydrogen) atoms. The highest BCUT2D eigenvalue weighted by molar-refractivity contribution is 5.90. The summed E-state index contributed by atoms with van der Waals surface area (Å²) >= 11 is 0. The lowest BCUT2D eigenvalue weighted by atomic mass is 9.93. The van der Waals surface area contributed by atoms with E-state index in [1.807, 2.05) is 35.2 Å². The summed E-state index contributed by atoms with van der Waals surface area (Å²) in [4.78, 5) is 24.2. The van der Waals surface area contributed by atoms with Gasteiger partial charge in [0.05, 0.1) is 17.8 Å². The molecule has 0 spiro atoms. The molecule has 0 N–H and O–H groups in total. The van der Waals surface area contributed by atoms with Gasteiger partial charge in [-0.3, -0.25) is 4.79 Å². The molecule has 6 nitrogen and oxygen atoms in total. The third-order valence-electron chi connectivity index (χ3n) is 7.03. The van der Waals surface area contributed by atoms with E-state index in [9.17, 15) is 9.18 Å². The van der Waals surface area contributed by atoms with Gasteiger partial charge in [0.25, 0.3) is 5.95 Å². The lowest BCUT2D eigenvalue weighted by Crippen LogP contribution is -2.40. The van der Waals surface area contributed by atoms with E-state index in [1.165, 1.54) is 12.1 Å². The van der Waals surface area contributed by atoms with Crippen LogP contribution in [0.1, 0.15) is 30.0 Å². The Morgan fingerprint density at radius 3 is 2.57 bits per heavy atom. The molecular formula is C30H26FN5O. The van der Waals surface area contributed by atoms with Crippen molar-refractivity contribution in [2.75, 3.05) is 13.1 Å². The van der Waals surface area contributed by atoms with Crippen LogP contribution in [0.2, 0.25) is 0 Å². The van der Waals surface area contributed by atoms with Gasteiger partial charge in [0.15, 0.2) is 0 Å². The van der Waals surface area contributed by atoms with Crippen LogP contribution in [0.25, 0.3) is 28.0 Å². The molecule has 1 atom stereocenters. The molecule has 0 saturated carbocycles. The molecule has 1 aliphatic heterocycles.